The number of rotatable bonds is 9. The normalized spacial score (nSPS) is 11.8. The number of aryl methyl sites for hydroxylation is 1. The molecule has 0 spiro atoms. The summed E-state index contributed by atoms with van der Waals surface area (Å²) in [6.45, 7) is 7.34. The second kappa shape index (κ2) is 11.1. The van der Waals surface area contributed by atoms with Crippen LogP contribution in [0.1, 0.15) is 47.3 Å². The third kappa shape index (κ3) is 6.84. The van der Waals surface area contributed by atoms with Gasteiger partial charge in [0.25, 0.3) is 5.91 Å². The highest BCUT2D eigenvalue weighted by atomic mass is 32.1. The minimum atomic E-state index is -4.41. The van der Waals surface area contributed by atoms with Crippen LogP contribution in [0.4, 0.5) is 13.2 Å². The number of hydrogen-bond acceptors (Lipinski definition) is 6. The number of ether oxygens (including phenoxy) is 2. The Bertz CT molecular complexity index is 1200. The molecule has 0 atom stereocenters. The van der Waals surface area contributed by atoms with Crippen molar-refractivity contribution < 1.29 is 32.2 Å². The van der Waals surface area contributed by atoms with Crippen molar-refractivity contribution in [2.75, 3.05) is 13.2 Å². The Morgan fingerprint density at radius 1 is 1.03 bits per heavy atom. The van der Waals surface area contributed by atoms with Crippen LogP contribution in [-0.4, -0.2) is 35.6 Å². The molecule has 1 N–H and O–H groups in total. The van der Waals surface area contributed by atoms with Gasteiger partial charge in [0, 0.05) is 12.1 Å². The molecule has 3 rings (SSSR count). The smallest absolute Gasteiger partial charge is 0.416 e. The van der Waals surface area contributed by atoms with Gasteiger partial charge in [0.2, 0.25) is 0 Å². The zero-order chi connectivity index (χ0) is 26.5. The number of benzene rings is 2. The molecule has 1 heterocycles. The molecule has 3 aromatic rings. The highest BCUT2D eigenvalue weighted by molar-refractivity contribution is 7.17. The molecule has 0 saturated carbocycles. The predicted octanol–water partition coefficient (Wildman–Crippen LogP) is 5.83. The Labute approximate surface area is 211 Å². The number of amides is 1. The van der Waals surface area contributed by atoms with Gasteiger partial charge < -0.3 is 14.8 Å². The number of alkyl halides is 3. The lowest BCUT2D eigenvalue weighted by Crippen LogP contribution is -2.39. The van der Waals surface area contributed by atoms with E-state index >= 15 is 0 Å². The SMILES string of the molecule is CCOC(=O)C(C)(C)Oc1ccc(CCNC(=O)c2sc(-c3ccc(C(F)(F)F)cc3)nc2C)cc1. The molecule has 0 fully saturated rings. The molecule has 0 aliphatic carbocycles. The van der Waals surface area contributed by atoms with Gasteiger partial charge in [-0.05, 0) is 63.9 Å². The fraction of sp³-hybridized carbons (Fsp3) is 0.346. The quantitative estimate of drug-likeness (QED) is 0.359. The fourth-order valence-corrected chi connectivity index (χ4v) is 4.29. The van der Waals surface area contributed by atoms with Crippen LogP contribution >= 0.6 is 11.3 Å². The summed E-state index contributed by atoms with van der Waals surface area (Å²) in [7, 11) is 0. The van der Waals surface area contributed by atoms with Gasteiger partial charge in [0.15, 0.2) is 5.60 Å². The molecule has 1 aromatic heterocycles. The van der Waals surface area contributed by atoms with E-state index in [1.165, 1.54) is 12.1 Å². The summed E-state index contributed by atoms with van der Waals surface area (Å²) >= 11 is 1.13. The minimum absolute atomic E-state index is 0.272. The largest absolute Gasteiger partial charge is 0.476 e. The summed E-state index contributed by atoms with van der Waals surface area (Å²) in [5, 5.41) is 3.33. The standard InChI is InChI=1S/C26H27F3N2O4S/c1-5-34-24(33)25(3,4)35-20-12-6-17(7-13-20)14-15-30-22(32)21-16(2)31-23(36-21)18-8-10-19(11-9-18)26(27,28)29/h6-13H,5,14-15H2,1-4H3,(H,30,32). The van der Waals surface area contributed by atoms with Crippen LogP contribution in [0.25, 0.3) is 10.6 Å². The number of carbonyl (C=O) groups excluding carboxylic acids is 2. The molecule has 0 aliphatic heterocycles. The summed E-state index contributed by atoms with van der Waals surface area (Å²) < 4.78 is 49.1. The summed E-state index contributed by atoms with van der Waals surface area (Å²) in [6, 6.07) is 11.9. The molecule has 1 amide bonds. The molecule has 6 nitrogen and oxygen atoms in total. The Hall–Kier alpha value is -3.40. The topological polar surface area (TPSA) is 77.5 Å². The predicted molar refractivity (Wildman–Crippen MR) is 131 cm³/mol. The maximum atomic E-state index is 12.8. The van der Waals surface area contributed by atoms with Gasteiger partial charge in [-0.25, -0.2) is 9.78 Å². The van der Waals surface area contributed by atoms with E-state index in [1.807, 2.05) is 12.1 Å². The first-order valence-electron chi connectivity index (χ1n) is 11.3. The molecule has 0 radical (unpaired) electrons. The molecule has 0 saturated heterocycles. The lowest BCUT2D eigenvalue weighted by Gasteiger charge is -2.24. The highest BCUT2D eigenvalue weighted by Gasteiger charge is 2.32. The van der Waals surface area contributed by atoms with E-state index in [9.17, 15) is 22.8 Å². The van der Waals surface area contributed by atoms with Gasteiger partial charge in [-0.1, -0.05) is 24.3 Å². The number of aromatic nitrogens is 1. The second-order valence-electron chi connectivity index (χ2n) is 8.49. The minimum Gasteiger partial charge on any atom is -0.476 e. The molecule has 10 heteroatoms. The zero-order valence-corrected chi connectivity index (χ0v) is 21.2. The first kappa shape index (κ1) is 27.2. The van der Waals surface area contributed by atoms with E-state index in [0.717, 1.165) is 29.0 Å². The molecule has 192 valence electrons. The maximum absolute atomic E-state index is 12.8. The van der Waals surface area contributed by atoms with Crippen LogP contribution in [-0.2, 0) is 22.1 Å². The molecular weight excluding hydrogens is 493 g/mol. The van der Waals surface area contributed by atoms with Crippen molar-refractivity contribution in [2.24, 2.45) is 0 Å². The zero-order valence-electron chi connectivity index (χ0n) is 20.4. The van der Waals surface area contributed by atoms with Crippen LogP contribution in [0.2, 0.25) is 0 Å². The number of halogens is 3. The van der Waals surface area contributed by atoms with Gasteiger partial charge >= 0.3 is 12.1 Å². The summed E-state index contributed by atoms with van der Waals surface area (Å²) in [6.07, 6.45) is -3.84. The van der Waals surface area contributed by atoms with Gasteiger partial charge in [-0.3, -0.25) is 4.79 Å². The number of hydrogen-bond donors (Lipinski definition) is 1. The lowest BCUT2D eigenvalue weighted by atomic mass is 10.1. The second-order valence-corrected chi connectivity index (χ2v) is 9.49. The molecular formula is C26H27F3N2O4S. The number of thiazole rings is 1. The van der Waals surface area contributed by atoms with E-state index in [4.69, 9.17) is 9.47 Å². The van der Waals surface area contributed by atoms with Crippen molar-refractivity contribution in [2.45, 2.75) is 45.9 Å². The molecule has 0 aliphatic rings. The van der Waals surface area contributed by atoms with Crippen molar-refractivity contribution in [3.05, 3.63) is 70.2 Å². The fourth-order valence-electron chi connectivity index (χ4n) is 3.30. The Morgan fingerprint density at radius 3 is 2.25 bits per heavy atom. The maximum Gasteiger partial charge on any atom is 0.416 e. The van der Waals surface area contributed by atoms with Gasteiger partial charge in [-0.15, -0.1) is 11.3 Å². The summed E-state index contributed by atoms with van der Waals surface area (Å²) in [4.78, 5) is 29.4. The van der Waals surface area contributed by atoms with Crippen LogP contribution in [0.3, 0.4) is 0 Å². The number of carbonyl (C=O) groups is 2. The number of esters is 1. The molecule has 0 bridgehead atoms. The van der Waals surface area contributed by atoms with Gasteiger partial charge in [-0.2, -0.15) is 13.2 Å². The third-order valence-corrected chi connectivity index (χ3v) is 6.43. The van der Waals surface area contributed by atoms with Crippen molar-refractivity contribution >= 4 is 23.2 Å². The van der Waals surface area contributed by atoms with Crippen LogP contribution < -0.4 is 10.1 Å². The van der Waals surface area contributed by atoms with E-state index < -0.39 is 23.3 Å². The average molecular weight is 521 g/mol. The van der Waals surface area contributed by atoms with E-state index in [2.05, 4.69) is 10.3 Å². The van der Waals surface area contributed by atoms with E-state index in [-0.39, 0.29) is 12.5 Å². The summed E-state index contributed by atoms with van der Waals surface area (Å²) in [5.74, 6) is -0.215. The van der Waals surface area contributed by atoms with Gasteiger partial charge in [0.05, 0.1) is 17.9 Å². The molecule has 36 heavy (non-hydrogen) atoms. The summed E-state index contributed by atoms with van der Waals surface area (Å²) in [5.41, 5.74) is 0.140. The van der Waals surface area contributed by atoms with E-state index in [1.54, 1.807) is 39.8 Å². The van der Waals surface area contributed by atoms with Crippen LogP contribution in [0, 0.1) is 6.92 Å². The lowest BCUT2D eigenvalue weighted by molar-refractivity contribution is -0.158. The Morgan fingerprint density at radius 2 is 1.67 bits per heavy atom. The highest BCUT2D eigenvalue weighted by Crippen LogP contribution is 2.33. The number of nitrogens with zero attached hydrogens (tertiary/aromatic N) is 1. The first-order chi connectivity index (χ1) is 16.9. The number of nitrogens with one attached hydrogen (secondary N) is 1. The average Bonchev–Trinajstić information content (AvgIpc) is 3.21. The monoisotopic (exact) mass is 520 g/mol. The Balaban J connectivity index is 1.55. The van der Waals surface area contributed by atoms with Crippen LogP contribution in [0.15, 0.2) is 48.5 Å². The Kier molecular flexibility index (Phi) is 8.39. The van der Waals surface area contributed by atoms with E-state index in [0.29, 0.717) is 39.9 Å². The third-order valence-electron chi connectivity index (χ3n) is 5.22. The van der Waals surface area contributed by atoms with Crippen molar-refractivity contribution in [1.29, 1.82) is 0 Å². The van der Waals surface area contributed by atoms with Crippen LogP contribution in [0.5, 0.6) is 5.75 Å². The molecule has 0 unspecified atom stereocenters. The van der Waals surface area contributed by atoms with Crippen molar-refractivity contribution in [3.8, 4) is 16.3 Å². The van der Waals surface area contributed by atoms with Gasteiger partial charge in [0.1, 0.15) is 15.6 Å². The first-order valence-corrected chi connectivity index (χ1v) is 12.1. The van der Waals surface area contributed by atoms with Crippen molar-refractivity contribution in [3.63, 3.8) is 0 Å². The van der Waals surface area contributed by atoms with Crippen molar-refractivity contribution in [1.82, 2.24) is 10.3 Å². The molecule has 2 aromatic carbocycles.